The molecule has 0 bridgehead atoms. The highest BCUT2D eigenvalue weighted by molar-refractivity contribution is 7.99. The van der Waals surface area contributed by atoms with Gasteiger partial charge in [0, 0.05) is 16.6 Å². The van der Waals surface area contributed by atoms with Crippen LogP contribution in [0.25, 0.3) is 0 Å². The van der Waals surface area contributed by atoms with Crippen molar-refractivity contribution in [2.45, 2.75) is 24.5 Å². The molecule has 0 N–H and O–H groups in total. The van der Waals surface area contributed by atoms with Crippen molar-refractivity contribution in [2.75, 3.05) is 19.0 Å². The number of hydrogen-bond acceptors (Lipinski definition) is 3. The van der Waals surface area contributed by atoms with Crippen LogP contribution in [0.5, 0.6) is 0 Å². The Kier molecular flexibility index (Phi) is 3.90. The molecule has 1 aliphatic heterocycles. The third-order valence-electron chi connectivity index (χ3n) is 3.00. The molecule has 0 aromatic heterocycles. The van der Waals surface area contributed by atoms with E-state index in [1.807, 2.05) is 24.8 Å². The van der Waals surface area contributed by atoms with E-state index in [9.17, 15) is 0 Å². The molecule has 1 saturated heterocycles. The van der Waals surface area contributed by atoms with Gasteiger partial charge in [0.25, 0.3) is 0 Å². The monoisotopic (exact) mass is 238 g/mol. The Morgan fingerprint density at radius 1 is 1.25 bits per heavy atom. The Bertz CT molecular complexity index is 320. The fourth-order valence-corrected chi connectivity index (χ4v) is 2.80. The lowest BCUT2D eigenvalue weighted by molar-refractivity contribution is -0.171. The predicted octanol–water partition coefficient (Wildman–Crippen LogP) is 3.18. The van der Waals surface area contributed by atoms with E-state index in [2.05, 4.69) is 31.2 Å². The molecule has 2 rings (SSSR count). The first-order chi connectivity index (χ1) is 7.71. The third kappa shape index (κ3) is 2.78. The van der Waals surface area contributed by atoms with Gasteiger partial charge in [0.2, 0.25) is 0 Å². The highest BCUT2D eigenvalue weighted by Crippen LogP contribution is 2.32. The molecule has 1 fully saturated rings. The fraction of sp³-hybridized carbons (Fsp3) is 0.538. The maximum absolute atomic E-state index is 5.66. The lowest BCUT2D eigenvalue weighted by Crippen LogP contribution is -2.35. The van der Waals surface area contributed by atoms with Gasteiger partial charge in [-0.05, 0) is 19.1 Å². The van der Waals surface area contributed by atoms with Crippen molar-refractivity contribution in [1.29, 1.82) is 0 Å². The van der Waals surface area contributed by atoms with Crippen molar-refractivity contribution < 1.29 is 9.47 Å². The minimum Gasteiger partial charge on any atom is -0.348 e. The summed E-state index contributed by atoms with van der Waals surface area (Å²) in [5.74, 6) is 1.02. The molecule has 1 aliphatic rings. The van der Waals surface area contributed by atoms with Gasteiger partial charge in [-0.3, -0.25) is 0 Å². The molecule has 16 heavy (non-hydrogen) atoms. The van der Waals surface area contributed by atoms with Crippen LogP contribution >= 0.6 is 11.8 Å². The van der Waals surface area contributed by atoms with E-state index in [4.69, 9.17) is 9.47 Å². The van der Waals surface area contributed by atoms with Crippen LogP contribution in [-0.4, -0.2) is 24.8 Å². The summed E-state index contributed by atoms with van der Waals surface area (Å²) in [5, 5.41) is 0. The zero-order valence-electron chi connectivity index (χ0n) is 9.81. The highest BCUT2D eigenvalue weighted by Gasteiger charge is 2.36. The minimum absolute atomic E-state index is 0.387. The quantitative estimate of drug-likeness (QED) is 0.751. The number of ether oxygens (including phenoxy) is 2. The molecular formula is C13H18O2S. The molecule has 1 aromatic rings. The molecule has 2 nitrogen and oxygen atoms in total. The zero-order chi connectivity index (χ0) is 11.4. The predicted molar refractivity (Wildman–Crippen MR) is 66.6 cm³/mol. The van der Waals surface area contributed by atoms with Crippen molar-refractivity contribution in [1.82, 2.24) is 0 Å². The van der Waals surface area contributed by atoms with Crippen LogP contribution in [-0.2, 0) is 9.47 Å². The molecule has 1 atom stereocenters. The lowest BCUT2D eigenvalue weighted by Gasteiger charge is -2.29. The summed E-state index contributed by atoms with van der Waals surface area (Å²) in [7, 11) is 0. The first kappa shape index (κ1) is 12.0. The van der Waals surface area contributed by atoms with E-state index in [1.165, 1.54) is 4.90 Å². The van der Waals surface area contributed by atoms with E-state index >= 15 is 0 Å². The first-order valence-electron chi connectivity index (χ1n) is 5.66. The summed E-state index contributed by atoms with van der Waals surface area (Å²) >= 11 is 1.85. The largest absolute Gasteiger partial charge is 0.348 e. The Morgan fingerprint density at radius 2 is 1.88 bits per heavy atom. The van der Waals surface area contributed by atoms with E-state index in [1.54, 1.807) is 0 Å². The van der Waals surface area contributed by atoms with Crippen LogP contribution in [0, 0.1) is 5.92 Å². The second-order valence-corrected chi connectivity index (χ2v) is 5.33. The van der Waals surface area contributed by atoms with Gasteiger partial charge < -0.3 is 9.47 Å². The SMILES string of the molecule is CC(CSc1ccccc1)C1(C)OCCO1. The second kappa shape index (κ2) is 5.21. The van der Waals surface area contributed by atoms with Crippen LogP contribution in [0.2, 0.25) is 0 Å². The number of benzene rings is 1. The Labute approximate surface area is 101 Å². The van der Waals surface area contributed by atoms with Crippen LogP contribution in [0.1, 0.15) is 13.8 Å². The van der Waals surface area contributed by atoms with Gasteiger partial charge in [-0.15, -0.1) is 11.8 Å². The van der Waals surface area contributed by atoms with Crippen molar-refractivity contribution in [3.05, 3.63) is 30.3 Å². The summed E-state index contributed by atoms with van der Waals surface area (Å²) in [6.45, 7) is 5.66. The van der Waals surface area contributed by atoms with E-state index < -0.39 is 0 Å². The molecule has 0 aliphatic carbocycles. The van der Waals surface area contributed by atoms with Crippen molar-refractivity contribution in [3.63, 3.8) is 0 Å². The second-order valence-electron chi connectivity index (χ2n) is 4.24. The van der Waals surface area contributed by atoms with Crippen LogP contribution in [0.15, 0.2) is 35.2 Å². The standard InChI is InChI=1S/C13H18O2S/c1-11(13(2)14-8-9-15-13)10-16-12-6-4-3-5-7-12/h3-7,11H,8-10H2,1-2H3. The smallest absolute Gasteiger partial charge is 0.169 e. The maximum Gasteiger partial charge on any atom is 0.169 e. The molecule has 1 heterocycles. The van der Waals surface area contributed by atoms with Gasteiger partial charge in [-0.25, -0.2) is 0 Å². The van der Waals surface area contributed by atoms with Gasteiger partial charge in [0.1, 0.15) is 0 Å². The molecule has 88 valence electrons. The first-order valence-corrected chi connectivity index (χ1v) is 6.65. The van der Waals surface area contributed by atoms with E-state index in [0.717, 1.165) is 19.0 Å². The van der Waals surface area contributed by atoms with E-state index in [0.29, 0.717) is 5.92 Å². The topological polar surface area (TPSA) is 18.5 Å². The number of thioether (sulfide) groups is 1. The average molecular weight is 238 g/mol. The normalized spacial score (nSPS) is 20.9. The van der Waals surface area contributed by atoms with Crippen LogP contribution in [0.3, 0.4) is 0 Å². The third-order valence-corrected chi connectivity index (χ3v) is 4.27. The summed E-state index contributed by atoms with van der Waals surface area (Å²) in [6, 6.07) is 10.4. The Balaban J connectivity index is 1.86. The van der Waals surface area contributed by atoms with E-state index in [-0.39, 0.29) is 5.79 Å². The molecular weight excluding hydrogens is 220 g/mol. The summed E-state index contributed by atoms with van der Waals surface area (Å²) in [6.07, 6.45) is 0. The summed E-state index contributed by atoms with van der Waals surface area (Å²) < 4.78 is 11.3. The summed E-state index contributed by atoms with van der Waals surface area (Å²) in [4.78, 5) is 1.30. The molecule has 0 saturated carbocycles. The van der Waals surface area contributed by atoms with Crippen LogP contribution < -0.4 is 0 Å². The highest BCUT2D eigenvalue weighted by atomic mass is 32.2. The molecule has 3 heteroatoms. The number of rotatable bonds is 4. The summed E-state index contributed by atoms with van der Waals surface area (Å²) in [5.41, 5.74) is 0. The van der Waals surface area contributed by atoms with Crippen molar-refractivity contribution in [2.24, 2.45) is 5.92 Å². The maximum atomic E-state index is 5.66. The zero-order valence-corrected chi connectivity index (χ0v) is 10.6. The minimum atomic E-state index is -0.387. The molecule has 0 spiro atoms. The molecule has 1 aromatic carbocycles. The number of hydrogen-bond donors (Lipinski definition) is 0. The molecule has 1 unspecified atom stereocenters. The van der Waals surface area contributed by atoms with Crippen LogP contribution in [0.4, 0.5) is 0 Å². The van der Waals surface area contributed by atoms with Gasteiger partial charge in [0.05, 0.1) is 13.2 Å². The van der Waals surface area contributed by atoms with Gasteiger partial charge >= 0.3 is 0 Å². The Hall–Kier alpha value is -0.510. The molecule has 0 amide bonds. The Morgan fingerprint density at radius 3 is 2.50 bits per heavy atom. The molecule has 0 radical (unpaired) electrons. The van der Waals surface area contributed by atoms with Gasteiger partial charge in [0.15, 0.2) is 5.79 Å². The van der Waals surface area contributed by atoms with Crippen molar-refractivity contribution in [3.8, 4) is 0 Å². The average Bonchev–Trinajstić information content (AvgIpc) is 2.76. The lowest BCUT2D eigenvalue weighted by atomic mass is 10.1. The fourth-order valence-electron chi connectivity index (χ4n) is 1.70. The van der Waals surface area contributed by atoms with Gasteiger partial charge in [-0.2, -0.15) is 0 Å². The van der Waals surface area contributed by atoms with Crippen molar-refractivity contribution >= 4 is 11.8 Å². The van der Waals surface area contributed by atoms with Gasteiger partial charge in [-0.1, -0.05) is 25.1 Å².